The van der Waals surface area contributed by atoms with E-state index >= 15 is 0 Å². The van der Waals surface area contributed by atoms with E-state index in [9.17, 15) is 0 Å². The van der Waals surface area contributed by atoms with Gasteiger partial charge in [0.15, 0.2) is 5.41 Å². The standard InChI is InChI=1S/C6H14O2Si/c1-4-5-6(9,7-2)8-3/h4-5H,1-3,9H3/b5-4-. The molecule has 0 aliphatic rings. The highest BCUT2D eigenvalue weighted by Crippen LogP contribution is 2.06. The molecule has 0 bridgehead atoms. The van der Waals surface area contributed by atoms with Gasteiger partial charge >= 0.3 is 0 Å². The van der Waals surface area contributed by atoms with Gasteiger partial charge in [-0.05, 0) is 13.0 Å². The van der Waals surface area contributed by atoms with E-state index in [4.69, 9.17) is 9.47 Å². The van der Waals surface area contributed by atoms with Crippen LogP contribution < -0.4 is 0 Å². The Balaban J connectivity index is 3.92. The van der Waals surface area contributed by atoms with E-state index in [1.54, 1.807) is 14.2 Å². The third-order valence-electron chi connectivity index (χ3n) is 1.28. The van der Waals surface area contributed by atoms with E-state index in [1.807, 2.05) is 19.1 Å². The summed E-state index contributed by atoms with van der Waals surface area (Å²) >= 11 is 0. The fourth-order valence-corrected chi connectivity index (χ4v) is 0.855. The Kier molecular flexibility index (Phi) is 3.77. The van der Waals surface area contributed by atoms with E-state index in [0.29, 0.717) is 0 Å². The second-order valence-corrected chi connectivity index (χ2v) is 3.32. The number of rotatable bonds is 3. The van der Waals surface area contributed by atoms with Crippen LogP contribution in [0.25, 0.3) is 0 Å². The minimum absolute atomic E-state index is 0.408. The lowest BCUT2D eigenvalue weighted by atomic mass is 10.5. The summed E-state index contributed by atoms with van der Waals surface area (Å²) in [6, 6.07) is 0. The lowest BCUT2D eigenvalue weighted by molar-refractivity contribution is -0.105. The summed E-state index contributed by atoms with van der Waals surface area (Å²) in [7, 11) is 4.15. The van der Waals surface area contributed by atoms with Crippen molar-refractivity contribution < 1.29 is 9.47 Å². The fourth-order valence-electron chi connectivity index (χ4n) is 0.522. The topological polar surface area (TPSA) is 18.5 Å². The zero-order valence-corrected chi connectivity index (χ0v) is 8.47. The minimum Gasteiger partial charge on any atom is -0.354 e. The molecule has 54 valence electrons. The van der Waals surface area contributed by atoms with Gasteiger partial charge in [0.05, 0.1) is 10.2 Å². The maximum atomic E-state index is 5.08. The van der Waals surface area contributed by atoms with Crippen LogP contribution in [0, 0.1) is 0 Å². The number of methoxy groups -OCH3 is 2. The summed E-state index contributed by atoms with van der Waals surface area (Å²) in [5.41, 5.74) is -0.408. The molecule has 2 nitrogen and oxygen atoms in total. The van der Waals surface area contributed by atoms with Crippen LogP contribution >= 0.6 is 0 Å². The molecule has 9 heavy (non-hydrogen) atoms. The molecule has 0 aromatic carbocycles. The molecule has 0 aromatic rings. The van der Waals surface area contributed by atoms with Crippen LogP contribution in [-0.2, 0) is 9.47 Å². The van der Waals surface area contributed by atoms with Gasteiger partial charge in [0, 0.05) is 14.2 Å². The van der Waals surface area contributed by atoms with Gasteiger partial charge in [-0.2, -0.15) is 0 Å². The van der Waals surface area contributed by atoms with Crippen LogP contribution in [0.2, 0.25) is 0 Å². The number of hydrogen-bond acceptors (Lipinski definition) is 2. The first-order valence-electron chi connectivity index (χ1n) is 2.92. The monoisotopic (exact) mass is 146 g/mol. The molecule has 0 rings (SSSR count). The molecule has 0 aliphatic heterocycles. The Morgan fingerprint density at radius 1 is 1.33 bits per heavy atom. The number of ether oxygens (including phenoxy) is 2. The molecule has 0 N–H and O–H groups in total. The van der Waals surface area contributed by atoms with Gasteiger partial charge in [0.2, 0.25) is 0 Å². The molecular formula is C6H14O2Si. The number of hydrogen-bond donors (Lipinski definition) is 0. The van der Waals surface area contributed by atoms with Crippen molar-refractivity contribution in [3.8, 4) is 0 Å². The van der Waals surface area contributed by atoms with Crippen LogP contribution in [0.4, 0.5) is 0 Å². The first-order valence-corrected chi connectivity index (χ1v) is 3.92. The molecular weight excluding hydrogens is 132 g/mol. The average Bonchev–Trinajstić information content (AvgIpc) is 1.89. The summed E-state index contributed by atoms with van der Waals surface area (Å²) in [5, 5.41) is 0. The summed E-state index contributed by atoms with van der Waals surface area (Å²) in [4.78, 5) is 0. The maximum Gasteiger partial charge on any atom is 0.158 e. The van der Waals surface area contributed by atoms with Crippen LogP contribution in [0.5, 0.6) is 0 Å². The van der Waals surface area contributed by atoms with E-state index in [1.165, 1.54) is 0 Å². The van der Waals surface area contributed by atoms with E-state index in [0.717, 1.165) is 10.2 Å². The Hall–Kier alpha value is -0.123. The lowest BCUT2D eigenvalue weighted by Crippen LogP contribution is -2.31. The van der Waals surface area contributed by atoms with Crippen molar-refractivity contribution in [3.05, 3.63) is 12.2 Å². The summed E-state index contributed by atoms with van der Waals surface area (Å²) < 4.78 is 10.2. The largest absolute Gasteiger partial charge is 0.354 e. The highest BCUT2D eigenvalue weighted by molar-refractivity contribution is 6.14. The molecule has 0 fully saturated rings. The molecule has 3 heteroatoms. The summed E-state index contributed by atoms with van der Waals surface area (Å²) in [5.74, 6) is 0. The smallest absolute Gasteiger partial charge is 0.158 e. The second-order valence-electron chi connectivity index (χ2n) is 1.92. The minimum atomic E-state index is -0.408. The van der Waals surface area contributed by atoms with Gasteiger partial charge in [-0.25, -0.2) is 0 Å². The quantitative estimate of drug-likeness (QED) is 0.314. The van der Waals surface area contributed by atoms with Gasteiger partial charge in [-0.1, -0.05) is 6.08 Å². The van der Waals surface area contributed by atoms with Gasteiger partial charge in [-0.15, -0.1) is 0 Å². The van der Waals surface area contributed by atoms with Crippen LogP contribution in [-0.4, -0.2) is 29.9 Å². The first-order chi connectivity index (χ1) is 4.18. The molecule has 0 unspecified atom stereocenters. The van der Waals surface area contributed by atoms with Crippen LogP contribution in [0.1, 0.15) is 6.92 Å². The fraction of sp³-hybridized carbons (Fsp3) is 0.667. The molecule has 0 aromatic heterocycles. The van der Waals surface area contributed by atoms with E-state index in [-0.39, 0.29) is 0 Å². The Bertz CT molecular complexity index is 97.2. The second kappa shape index (κ2) is 3.82. The van der Waals surface area contributed by atoms with E-state index in [2.05, 4.69) is 0 Å². The molecule has 0 amide bonds. The lowest BCUT2D eigenvalue weighted by Gasteiger charge is -2.22. The third kappa shape index (κ3) is 2.79. The Morgan fingerprint density at radius 3 is 1.89 bits per heavy atom. The van der Waals surface area contributed by atoms with Crippen molar-refractivity contribution in [1.29, 1.82) is 0 Å². The van der Waals surface area contributed by atoms with Gasteiger partial charge in [-0.3, -0.25) is 0 Å². The van der Waals surface area contributed by atoms with Gasteiger partial charge in [0.1, 0.15) is 0 Å². The van der Waals surface area contributed by atoms with Gasteiger partial charge < -0.3 is 9.47 Å². The molecule has 0 radical (unpaired) electrons. The van der Waals surface area contributed by atoms with Crippen molar-refractivity contribution in [2.75, 3.05) is 14.2 Å². The zero-order chi connectivity index (χ0) is 7.33. The molecule has 0 saturated carbocycles. The highest BCUT2D eigenvalue weighted by Gasteiger charge is 2.15. The van der Waals surface area contributed by atoms with Crippen molar-refractivity contribution >= 4 is 10.2 Å². The predicted octanol–water partition coefficient (Wildman–Crippen LogP) is -0.125. The molecule has 0 saturated heterocycles. The Labute approximate surface area is 59.3 Å². The van der Waals surface area contributed by atoms with Crippen molar-refractivity contribution in [2.24, 2.45) is 0 Å². The van der Waals surface area contributed by atoms with Crippen LogP contribution in [0.3, 0.4) is 0 Å². The van der Waals surface area contributed by atoms with Crippen molar-refractivity contribution in [2.45, 2.75) is 12.3 Å². The maximum absolute atomic E-state index is 5.08. The van der Waals surface area contributed by atoms with E-state index < -0.39 is 5.41 Å². The van der Waals surface area contributed by atoms with Crippen LogP contribution in [0.15, 0.2) is 12.2 Å². The normalized spacial score (nSPS) is 13.2. The molecule has 0 heterocycles. The van der Waals surface area contributed by atoms with Gasteiger partial charge in [0.25, 0.3) is 0 Å². The zero-order valence-electron chi connectivity index (χ0n) is 6.47. The number of allylic oxidation sites excluding steroid dienone is 1. The highest BCUT2D eigenvalue weighted by atomic mass is 28.1. The van der Waals surface area contributed by atoms with Crippen molar-refractivity contribution in [1.82, 2.24) is 0 Å². The first kappa shape index (κ1) is 8.88. The van der Waals surface area contributed by atoms with Crippen molar-refractivity contribution in [3.63, 3.8) is 0 Å². The average molecular weight is 146 g/mol. The summed E-state index contributed by atoms with van der Waals surface area (Å²) in [6.45, 7) is 1.95. The SMILES string of the molecule is C/C=C\C([SiH3])(OC)OC. The molecule has 0 aliphatic carbocycles. The molecule has 0 atom stereocenters. The predicted molar refractivity (Wildman–Crippen MR) is 41.5 cm³/mol. The summed E-state index contributed by atoms with van der Waals surface area (Å²) in [6.07, 6.45) is 3.85. The Morgan fingerprint density at radius 2 is 1.78 bits per heavy atom. The molecule has 0 spiro atoms. The third-order valence-corrected chi connectivity index (χ3v) is 2.43.